The molecule has 0 aliphatic carbocycles. The molecular formula is C11H21N3O3S. The Balaban J connectivity index is 2.06. The van der Waals surface area contributed by atoms with Crippen molar-refractivity contribution in [3.63, 3.8) is 0 Å². The van der Waals surface area contributed by atoms with E-state index in [2.05, 4.69) is 0 Å². The average molecular weight is 275 g/mol. The Morgan fingerprint density at radius 1 is 1.00 bits per heavy atom. The van der Waals surface area contributed by atoms with Gasteiger partial charge in [-0.05, 0) is 25.7 Å². The molecule has 0 aromatic carbocycles. The molecule has 18 heavy (non-hydrogen) atoms. The van der Waals surface area contributed by atoms with Crippen molar-refractivity contribution in [2.75, 3.05) is 26.2 Å². The number of amides is 1. The summed E-state index contributed by atoms with van der Waals surface area (Å²) in [5.74, 6) is -0.730. The molecule has 0 bridgehead atoms. The van der Waals surface area contributed by atoms with Gasteiger partial charge < -0.3 is 5.73 Å². The van der Waals surface area contributed by atoms with Gasteiger partial charge >= 0.3 is 0 Å². The van der Waals surface area contributed by atoms with Crippen molar-refractivity contribution in [2.24, 2.45) is 11.7 Å². The maximum absolute atomic E-state index is 12.4. The summed E-state index contributed by atoms with van der Waals surface area (Å²) in [6, 6.07) is 0. The Hall–Kier alpha value is -0.660. The van der Waals surface area contributed by atoms with Gasteiger partial charge in [-0.15, -0.1) is 0 Å². The summed E-state index contributed by atoms with van der Waals surface area (Å²) in [4.78, 5) is 11.2. The second-order valence-corrected chi connectivity index (χ2v) is 7.00. The fourth-order valence-corrected chi connectivity index (χ4v) is 4.42. The molecule has 0 aromatic rings. The lowest BCUT2D eigenvalue weighted by molar-refractivity contribution is -0.122. The lowest BCUT2D eigenvalue weighted by Crippen LogP contribution is -2.51. The third-order valence-corrected chi connectivity index (χ3v) is 5.76. The standard InChI is InChI=1S/C11H21N3O3S/c12-11(15)10-5-4-8-14(9-10)18(16,17)13-6-2-1-3-7-13/h10H,1-9H2,(H2,12,15). The number of carbonyl (C=O) groups is 1. The molecule has 1 amide bonds. The van der Waals surface area contributed by atoms with E-state index in [4.69, 9.17) is 5.73 Å². The molecule has 7 heteroatoms. The Labute approximate surface area is 108 Å². The predicted molar refractivity (Wildman–Crippen MR) is 67.8 cm³/mol. The zero-order chi connectivity index (χ0) is 13.2. The fraction of sp³-hybridized carbons (Fsp3) is 0.909. The minimum absolute atomic E-state index is 0.244. The number of hydrogen-bond donors (Lipinski definition) is 1. The van der Waals surface area contributed by atoms with Gasteiger partial charge in [-0.2, -0.15) is 17.0 Å². The van der Waals surface area contributed by atoms with Crippen LogP contribution in [0.15, 0.2) is 0 Å². The van der Waals surface area contributed by atoms with Crippen LogP contribution in [-0.2, 0) is 15.0 Å². The summed E-state index contributed by atoms with van der Waals surface area (Å²) in [7, 11) is -3.39. The maximum atomic E-state index is 12.4. The second kappa shape index (κ2) is 5.54. The molecule has 1 unspecified atom stereocenters. The molecule has 2 aliphatic heterocycles. The van der Waals surface area contributed by atoms with Crippen LogP contribution < -0.4 is 5.73 Å². The summed E-state index contributed by atoms with van der Waals surface area (Å²) < 4.78 is 27.8. The van der Waals surface area contributed by atoms with Crippen molar-refractivity contribution in [1.82, 2.24) is 8.61 Å². The largest absolute Gasteiger partial charge is 0.369 e. The molecule has 2 rings (SSSR count). The van der Waals surface area contributed by atoms with Gasteiger partial charge in [0.15, 0.2) is 0 Å². The quantitative estimate of drug-likeness (QED) is 0.781. The van der Waals surface area contributed by atoms with E-state index < -0.39 is 16.1 Å². The van der Waals surface area contributed by atoms with E-state index in [1.165, 1.54) is 4.31 Å². The minimum atomic E-state index is -3.39. The number of primary amides is 1. The smallest absolute Gasteiger partial charge is 0.281 e. The van der Waals surface area contributed by atoms with Crippen molar-refractivity contribution in [1.29, 1.82) is 0 Å². The van der Waals surface area contributed by atoms with Gasteiger partial charge in [-0.1, -0.05) is 6.42 Å². The zero-order valence-electron chi connectivity index (χ0n) is 10.5. The molecule has 2 heterocycles. The van der Waals surface area contributed by atoms with E-state index in [9.17, 15) is 13.2 Å². The summed E-state index contributed by atoms with van der Waals surface area (Å²) in [5.41, 5.74) is 5.28. The highest BCUT2D eigenvalue weighted by molar-refractivity contribution is 7.86. The van der Waals surface area contributed by atoms with Crippen LogP contribution in [-0.4, -0.2) is 49.1 Å². The van der Waals surface area contributed by atoms with Gasteiger partial charge in [0.05, 0.1) is 5.92 Å². The lowest BCUT2D eigenvalue weighted by Gasteiger charge is -2.35. The number of carbonyl (C=O) groups excluding carboxylic acids is 1. The summed E-state index contributed by atoms with van der Waals surface area (Å²) in [5, 5.41) is 0. The molecule has 0 saturated carbocycles. The number of rotatable bonds is 3. The fourth-order valence-electron chi connectivity index (χ4n) is 2.64. The summed E-state index contributed by atoms with van der Waals surface area (Å²) in [6.45, 7) is 1.94. The molecule has 2 aliphatic rings. The average Bonchev–Trinajstić information content (AvgIpc) is 2.40. The second-order valence-electron chi connectivity index (χ2n) is 5.07. The van der Waals surface area contributed by atoms with Crippen LogP contribution in [0.2, 0.25) is 0 Å². The monoisotopic (exact) mass is 275 g/mol. The normalized spacial score (nSPS) is 28.1. The van der Waals surface area contributed by atoms with E-state index in [1.807, 2.05) is 0 Å². The van der Waals surface area contributed by atoms with Crippen LogP contribution in [0.3, 0.4) is 0 Å². The van der Waals surface area contributed by atoms with Crippen LogP contribution in [0.25, 0.3) is 0 Å². The van der Waals surface area contributed by atoms with E-state index in [0.717, 1.165) is 19.3 Å². The first kappa shape index (κ1) is 13.8. The lowest BCUT2D eigenvalue weighted by atomic mass is 9.99. The van der Waals surface area contributed by atoms with Gasteiger partial charge in [0.2, 0.25) is 5.91 Å². The third kappa shape index (κ3) is 2.84. The summed E-state index contributed by atoms with van der Waals surface area (Å²) in [6.07, 6.45) is 4.34. The molecule has 1 atom stereocenters. The predicted octanol–water partition coefficient (Wildman–Crippen LogP) is -0.0856. The van der Waals surface area contributed by atoms with E-state index in [0.29, 0.717) is 32.5 Å². The maximum Gasteiger partial charge on any atom is 0.281 e. The number of nitrogens with two attached hydrogens (primary N) is 1. The van der Waals surface area contributed by atoms with Crippen LogP contribution in [0.4, 0.5) is 0 Å². The zero-order valence-corrected chi connectivity index (χ0v) is 11.4. The Morgan fingerprint density at radius 2 is 1.61 bits per heavy atom. The van der Waals surface area contributed by atoms with Gasteiger partial charge in [-0.3, -0.25) is 4.79 Å². The number of hydrogen-bond acceptors (Lipinski definition) is 3. The molecule has 2 saturated heterocycles. The van der Waals surface area contributed by atoms with Gasteiger partial charge in [0, 0.05) is 26.2 Å². The van der Waals surface area contributed by atoms with E-state index >= 15 is 0 Å². The topological polar surface area (TPSA) is 83.7 Å². The molecule has 0 spiro atoms. The van der Waals surface area contributed by atoms with Crippen molar-refractivity contribution in [3.8, 4) is 0 Å². The highest BCUT2D eigenvalue weighted by Crippen LogP contribution is 2.23. The van der Waals surface area contributed by atoms with Gasteiger partial charge in [0.25, 0.3) is 10.2 Å². The number of piperidine rings is 2. The van der Waals surface area contributed by atoms with Crippen molar-refractivity contribution >= 4 is 16.1 Å². The minimum Gasteiger partial charge on any atom is -0.369 e. The van der Waals surface area contributed by atoms with Crippen LogP contribution in [0.1, 0.15) is 32.1 Å². The summed E-state index contributed by atoms with van der Waals surface area (Å²) >= 11 is 0. The molecule has 2 fully saturated rings. The van der Waals surface area contributed by atoms with Gasteiger partial charge in [0.1, 0.15) is 0 Å². The highest BCUT2D eigenvalue weighted by atomic mass is 32.2. The van der Waals surface area contributed by atoms with Crippen molar-refractivity contribution < 1.29 is 13.2 Å². The first-order valence-corrected chi connectivity index (χ1v) is 7.96. The Kier molecular flexibility index (Phi) is 4.24. The Bertz CT molecular complexity index is 404. The van der Waals surface area contributed by atoms with E-state index in [1.54, 1.807) is 4.31 Å². The first-order valence-electron chi connectivity index (χ1n) is 6.56. The van der Waals surface area contributed by atoms with Crippen molar-refractivity contribution in [3.05, 3.63) is 0 Å². The highest BCUT2D eigenvalue weighted by Gasteiger charge is 2.35. The van der Waals surface area contributed by atoms with Gasteiger partial charge in [-0.25, -0.2) is 0 Å². The molecule has 104 valence electrons. The third-order valence-electron chi connectivity index (χ3n) is 3.75. The molecule has 0 aromatic heterocycles. The first-order chi connectivity index (χ1) is 8.51. The molecule has 2 N–H and O–H groups in total. The number of nitrogens with zero attached hydrogens (tertiary/aromatic N) is 2. The van der Waals surface area contributed by atoms with E-state index in [-0.39, 0.29) is 12.5 Å². The van der Waals surface area contributed by atoms with Crippen LogP contribution in [0, 0.1) is 5.92 Å². The van der Waals surface area contributed by atoms with Crippen molar-refractivity contribution in [2.45, 2.75) is 32.1 Å². The Morgan fingerprint density at radius 3 is 2.22 bits per heavy atom. The molecule has 6 nitrogen and oxygen atoms in total. The van der Waals surface area contributed by atoms with Crippen LogP contribution in [0.5, 0.6) is 0 Å². The molecule has 0 radical (unpaired) electrons. The van der Waals surface area contributed by atoms with Crippen LogP contribution >= 0.6 is 0 Å². The SMILES string of the molecule is NC(=O)C1CCCN(S(=O)(=O)N2CCCCC2)C1. The molecular weight excluding hydrogens is 254 g/mol.